The smallest absolute Gasteiger partial charge is 0.303 e. The lowest BCUT2D eigenvalue weighted by Crippen LogP contribution is -2.55. The van der Waals surface area contributed by atoms with E-state index in [1.807, 2.05) is 13.0 Å². The quantitative estimate of drug-likeness (QED) is 0.0363. The molecule has 51 heavy (non-hydrogen) atoms. The van der Waals surface area contributed by atoms with Gasteiger partial charge in [0.2, 0.25) is 17.7 Å². The van der Waals surface area contributed by atoms with E-state index in [0.29, 0.717) is 34.5 Å². The number of ether oxygens (including phenoxy) is 1. The first-order valence-corrected chi connectivity index (χ1v) is 16.7. The Morgan fingerprint density at radius 3 is 1.82 bits per heavy atom. The van der Waals surface area contributed by atoms with Crippen LogP contribution in [0.2, 0.25) is 0 Å². The fraction of sp³-hybridized carbons (Fsp3) is 0.378. The number of hydrogen-bond acceptors (Lipinski definition) is 10. The van der Waals surface area contributed by atoms with Crippen LogP contribution in [0.1, 0.15) is 66.1 Å². The van der Waals surface area contributed by atoms with Crippen molar-refractivity contribution in [1.29, 1.82) is 0 Å². The summed E-state index contributed by atoms with van der Waals surface area (Å²) in [5.74, 6) is -2.72. The van der Waals surface area contributed by atoms with Gasteiger partial charge in [0.25, 0.3) is 0 Å². The molecule has 0 aromatic heterocycles. The molecule has 6 N–H and O–H groups in total. The highest BCUT2D eigenvalue weighted by Gasteiger charge is 2.28. The van der Waals surface area contributed by atoms with E-state index in [1.165, 1.54) is 0 Å². The van der Waals surface area contributed by atoms with Crippen molar-refractivity contribution in [1.82, 2.24) is 16.0 Å². The van der Waals surface area contributed by atoms with Gasteiger partial charge in [0, 0.05) is 36.9 Å². The van der Waals surface area contributed by atoms with Gasteiger partial charge in [0.15, 0.2) is 11.9 Å². The average molecular weight is 708 g/mol. The van der Waals surface area contributed by atoms with Gasteiger partial charge >= 0.3 is 5.97 Å². The Bertz CT molecular complexity index is 1540. The summed E-state index contributed by atoms with van der Waals surface area (Å²) in [6.45, 7) is 1.90. The minimum absolute atomic E-state index is 0.00238. The standard InChI is InChI=1S/C37H45N3O11/c1-2-3-7-20-38-36(45)31(21-26-12-16-29(17-13-26)51-30(23-49-47)24-50-48)40-37(46)32(39-33(41)18-19-34(42)43)22-25-10-14-28(15-11-25)35(44)27-8-5-4-6-9-27/h4-6,8-17,30-32,47-48H,2-3,7,18-24H2,1H3,(H,38,45)(H,39,41)(H,40,46)(H,42,43). The van der Waals surface area contributed by atoms with Crippen molar-refractivity contribution in [3.05, 3.63) is 101 Å². The molecule has 3 rings (SSSR count). The first-order chi connectivity index (χ1) is 24.6. The minimum atomic E-state index is -1.17. The van der Waals surface area contributed by atoms with Crippen LogP contribution in [0, 0.1) is 0 Å². The zero-order valence-electron chi connectivity index (χ0n) is 28.4. The van der Waals surface area contributed by atoms with Gasteiger partial charge in [0.1, 0.15) is 31.0 Å². The number of amides is 3. The van der Waals surface area contributed by atoms with Crippen molar-refractivity contribution in [3.8, 4) is 5.75 Å². The summed E-state index contributed by atoms with van der Waals surface area (Å²) < 4.78 is 5.63. The number of hydrogen-bond donors (Lipinski definition) is 6. The Labute approximate surface area is 296 Å². The van der Waals surface area contributed by atoms with Crippen LogP contribution in [0.3, 0.4) is 0 Å². The van der Waals surface area contributed by atoms with Crippen LogP contribution >= 0.6 is 0 Å². The maximum atomic E-state index is 13.8. The van der Waals surface area contributed by atoms with E-state index >= 15 is 0 Å². The largest absolute Gasteiger partial charge is 0.485 e. The normalized spacial score (nSPS) is 12.1. The molecule has 0 aliphatic rings. The molecule has 0 aliphatic carbocycles. The number of nitrogens with one attached hydrogen (secondary N) is 3. The summed E-state index contributed by atoms with van der Waals surface area (Å²) in [4.78, 5) is 72.1. The van der Waals surface area contributed by atoms with E-state index in [1.54, 1.807) is 72.8 Å². The monoisotopic (exact) mass is 707 g/mol. The second-order valence-corrected chi connectivity index (χ2v) is 11.8. The summed E-state index contributed by atoms with van der Waals surface area (Å²) in [5.41, 5.74) is 2.23. The summed E-state index contributed by atoms with van der Waals surface area (Å²) in [6.07, 6.45) is 1.08. The van der Waals surface area contributed by atoms with Gasteiger partial charge in [-0.15, -0.1) is 0 Å². The van der Waals surface area contributed by atoms with Crippen LogP contribution in [0.15, 0.2) is 78.9 Å². The molecule has 0 saturated heterocycles. The average Bonchev–Trinajstić information content (AvgIpc) is 3.13. The molecule has 3 amide bonds. The second kappa shape index (κ2) is 21.8. The van der Waals surface area contributed by atoms with Crippen LogP contribution in [-0.2, 0) is 41.8 Å². The predicted molar refractivity (Wildman–Crippen MR) is 185 cm³/mol. The van der Waals surface area contributed by atoms with Crippen molar-refractivity contribution < 1.29 is 54.1 Å². The lowest BCUT2D eigenvalue weighted by Gasteiger charge is -2.24. The molecule has 2 atom stereocenters. The van der Waals surface area contributed by atoms with E-state index in [9.17, 15) is 24.0 Å². The molecule has 0 heterocycles. The number of benzene rings is 3. The number of carboxylic acids is 1. The van der Waals surface area contributed by atoms with E-state index in [-0.39, 0.29) is 38.3 Å². The molecule has 0 fully saturated rings. The fourth-order valence-electron chi connectivity index (χ4n) is 5.09. The first kappa shape index (κ1) is 40.3. The lowest BCUT2D eigenvalue weighted by atomic mass is 9.98. The Kier molecular flexibility index (Phi) is 17.2. The summed E-state index contributed by atoms with van der Waals surface area (Å²) in [5, 5.41) is 34.8. The number of unbranched alkanes of at least 4 members (excludes halogenated alkanes) is 2. The Morgan fingerprint density at radius 2 is 1.25 bits per heavy atom. The predicted octanol–water partition coefficient (Wildman–Crippen LogP) is 3.57. The molecule has 3 aromatic carbocycles. The number of carbonyl (C=O) groups is 5. The van der Waals surface area contributed by atoms with Crippen LogP contribution in [0.4, 0.5) is 0 Å². The molecule has 0 aliphatic heterocycles. The molecule has 3 aromatic rings. The molecule has 14 nitrogen and oxygen atoms in total. The SMILES string of the molecule is CCCCCNC(=O)C(Cc1ccc(OC(COO)COO)cc1)NC(=O)C(Cc1ccc(C(=O)c2ccccc2)cc1)NC(=O)CCC(=O)O. The molecule has 274 valence electrons. The number of aliphatic carboxylic acids is 1. The van der Waals surface area contributed by atoms with Gasteiger partial charge in [-0.2, -0.15) is 0 Å². The number of rotatable bonds is 23. The summed E-state index contributed by atoms with van der Waals surface area (Å²) in [7, 11) is 0. The van der Waals surface area contributed by atoms with E-state index in [2.05, 4.69) is 25.7 Å². The number of carboxylic acid groups (broad SMARTS) is 1. The highest BCUT2D eigenvalue weighted by atomic mass is 17.1. The van der Waals surface area contributed by atoms with Crippen molar-refractivity contribution in [3.63, 3.8) is 0 Å². The molecule has 14 heteroatoms. The van der Waals surface area contributed by atoms with E-state index in [0.717, 1.165) is 19.3 Å². The zero-order chi connectivity index (χ0) is 37.0. The van der Waals surface area contributed by atoms with Crippen LogP contribution in [-0.4, -0.2) is 83.0 Å². The zero-order valence-corrected chi connectivity index (χ0v) is 28.4. The minimum Gasteiger partial charge on any atom is -0.485 e. The maximum Gasteiger partial charge on any atom is 0.303 e. The molecule has 0 saturated carbocycles. The van der Waals surface area contributed by atoms with Crippen molar-refractivity contribution in [2.75, 3.05) is 19.8 Å². The summed E-state index contributed by atoms with van der Waals surface area (Å²) >= 11 is 0. The van der Waals surface area contributed by atoms with Crippen molar-refractivity contribution in [2.45, 2.75) is 70.1 Å². The molecule has 0 bridgehead atoms. The third kappa shape index (κ3) is 14.3. The summed E-state index contributed by atoms with van der Waals surface area (Å²) in [6, 6.07) is 19.7. The third-order valence-corrected chi connectivity index (χ3v) is 7.81. The Morgan fingerprint density at radius 1 is 0.686 bits per heavy atom. The van der Waals surface area contributed by atoms with Gasteiger partial charge < -0.3 is 25.8 Å². The van der Waals surface area contributed by atoms with Crippen molar-refractivity contribution in [2.24, 2.45) is 0 Å². The van der Waals surface area contributed by atoms with Gasteiger partial charge in [-0.1, -0.05) is 86.5 Å². The number of carbonyl (C=O) groups excluding carboxylic acids is 4. The maximum absolute atomic E-state index is 13.8. The Hall–Kier alpha value is -5.15. The van der Waals surface area contributed by atoms with Crippen LogP contribution < -0.4 is 20.7 Å². The van der Waals surface area contributed by atoms with Gasteiger partial charge in [0.05, 0.1) is 6.42 Å². The van der Waals surface area contributed by atoms with Crippen molar-refractivity contribution >= 4 is 29.5 Å². The highest BCUT2D eigenvalue weighted by Crippen LogP contribution is 2.17. The fourth-order valence-corrected chi connectivity index (χ4v) is 5.09. The molecule has 2 unspecified atom stereocenters. The second-order valence-electron chi connectivity index (χ2n) is 11.8. The van der Waals surface area contributed by atoms with Crippen LogP contribution in [0.5, 0.6) is 5.75 Å². The van der Waals surface area contributed by atoms with Crippen LogP contribution in [0.25, 0.3) is 0 Å². The van der Waals surface area contributed by atoms with Gasteiger partial charge in [-0.25, -0.2) is 9.78 Å². The molecular formula is C37H45N3O11. The molecule has 0 radical (unpaired) electrons. The highest BCUT2D eigenvalue weighted by molar-refractivity contribution is 6.09. The lowest BCUT2D eigenvalue weighted by molar-refractivity contribution is -0.286. The molecular weight excluding hydrogens is 662 g/mol. The van der Waals surface area contributed by atoms with Gasteiger partial charge in [-0.3, -0.25) is 34.5 Å². The molecule has 0 spiro atoms. The third-order valence-electron chi connectivity index (χ3n) is 7.81. The Balaban J connectivity index is 1.80. The number of ketones is 1. The van der Waals surface area contributed by atoms with E-state index < -0.39 is 48.3 Å². The first-order valence-electron chi connectivity index (χ1n) is 16.7. The van der Waals surface area contributed by atoms with E-state index in [4.69, 9.17) is 20.4 Å². The topological polar surface area (TPSA) is 210 Å². The van der Waals surface area contributed by atoms with Gasteiger partial charge in [-0.05, 0) is 29.7 Å².